The lowest BCUT2D eigenvalue weighted by Gasteiger charge is -2.17. The normalized spacial score (nSPS) is 14.2. The molecule has 6 heteroatoms. The molecule has 0 bridgehead atoms. The molecule has 0 spiro atoms. The Morgan fingerprint density at radius 3 is 2.11 bits per heavy atom. The molecule has 0 radical (unpaired) electrons. The summed E-state index contributed by atoms with van der Waals surface area (Å²) in [6, 6.07) is 0. The average Bonchev–Trinajstić information content (AvgIpc) is 2.34. The van der Waals surface area contributed by atoms with Crippen LogP contribution >= 0.6 is 7.60 Å². The molecule has 0 heterocycles. The van der Waals surface area contributed by atoms with Crippen molar-refractivity contribution >= 4 is 13.6 Å². The van der Waals surface area contributed by atoms with Crippen molar-refractivity contribution in [1.82, 2.24) is 0 Å². The minimum absolute atomic E-state index is 0.295. The van der Waals surface area contributed by atoms with Gasteiger partial charge >= 0.3 is 13.6 Å². The fraction of sp³-hybridized carbons (Fsp3) is 0.917. The fourth-order valence-electron chi connectivity index (χ4n) is 1.13. The Balaban J connectivity index is 4.26. The number of esters is 1. The first kappa shape index (κ1) is 17.6. The van der Waals surface area contributed by atoms with Gasteiger partial charge in [-0.05, 0) is 19.3 Å². The van der Waals surface area contributed by atoms with Crippen molar-refractivity contribution in [2.24, 2.45) is 0 Å². The number of carbonyl (C=O) groups excluding carboxylic acids is 1. The van der Waals surface area contributed by atoms with E-state index in [2.05, 4.69) is 0 Å². The minimum Gasteiger partial charge on any atom is -0.465 e. The predicted molar refractivity (Wildman–Crippen MR) is 70.8 cm³/mol. The maximum absolute atomic E-state index is 12.3. The zero-order valence-electron chi connectivity index (χ0n) is 11.6. The van der Waals surface area contributed by atoms with Crippen LogP contribution in [0.3, 0.4) is 0 Å². The van der Waals surface area contributed by atoms with Gasteiger partial charge in [0.1, 0.15) is 6.16 Å². The maximum Gasteiger partial charge on any atom is 0.341 e. The summed E-state index contributed by atoms with van der Waals surface area (Å²) in [6.07, 6.45) is 2.90. The molecule has 5 nitrogen and oxygen atoms in total. The summed E-state index contributed by atoms with van der Waals surface area (Å²) in [7, 11) is -3.34. The van der Waals surface area contributed by atoms with Gasteiger partial charge in [0.2, 0.25) is 0 Å². The van der Waals surface area contributed by atoms with Gasteiger partial charge in [0.25, 0.3) is 0 Å². The Morgan fingerprint density at radius 1 is 0.944 bits per heavy atom. The van der Waals surface area contributed by atoms with Crippen molar-refractivity contribution in [2.45, 2.75) is 46.5 Å². The van der Waals surface area contributed by atoms with Gasteiger partial charge in [-0.2, -0.15) is 0 Å². The fourth-order valence-corrected chi connectivity index (χ4v) is 2.66. The highest BCUT2D eigenvalue weighted by atomic mass is 31.2. The molecule has 1 atom stereocenters. The topological polar surface area (TPSA) is 61.8 Å². The Bertz CT molecular complexity index is 267. The van der Waals surface area contributed by atoms with Crippen molar-refractivity contribution in [3.8, 4) is 0 Å². The van der Waals surface area contributed by atoms with E-state index in [4.69, 9.17) is 13.8 Å². The molecule has 0 saturated heterocycles. The maximum atomic E-state index is 12.3. The predicted octanol–water partition coefficient (Wildman–Crippen LogP) is 3.38. The van der Waals surface area contributed by atoms with Crippen LogP contribution < -0.4 is 0 Å². The molecule has 0 aliphatic carbocycles. The second-order valence-electron chi connectivity index (χ2n) is 4.01. The summed E-state index contributed by atoms with van der Waals surface area (Å²) in [5.41, 5.74) is 0. The first-order chi connectivity index (χ1) is 8.58. The highest BCUT2D eigenvalue weighted by molar-refractivity contribution is 7.54. The standard InChI is InChI=1S/C12H25O5P/c1-4-7-10-17-18(14,16-9-6-3)11-12(13)15-8-5-2/h4-11H2,1-3H3. The molecule has 18 heavy (non-hydrogen) atoms. The monoisotopic (exact) mass is 280 g/mol. The number of carbonyl (C=O) groups is 1. The SMILES string of the molecule is CCCCOP(=O)(CC(=O)OCCC)OCCC. The van der Waals surface area contributed by atoms with Gasteiger partial charge in [-0.15, -0.1) is 0 Å². The molecule has 0 amide bonds. The highest BCUT2D eigenvalue weighted by Crippen LogP contribution is 2.48. The highest BCUT2D eigenvalue weighted by Gasteiger charge is 2.29. The van der Waals surface area contributed by atoms with Crippen LogP contribution in [0.15, 0.2) is 0 Å². The van der Waals surface area contributed by atoms with E-state index in [9.17, 15) is 9.36 Å². The van der Waals surface area contributed by atoms with Crippen LogP contribution in [-0.2, 0) is 23.1 Å². The number of hydrogen-bond acceptors (Lipinski definition) is 5. The van der Waals surface area contributed by atoms with Gasteiger partial charge in [-0.25, -0.2) is 0 Å². The first-order valence-electron chi connectivity index (χ1n) is 6.61. The smallest absolute Gasteiger partial charge is 0.341 e. The van der Waals surface area contributed by atoms with E-state index in [1.807, 2.05) is 20.8 Å². The zero-order valence-corrected chi connectivity index (χ0v) is 12.5. The number of hydrogen-bond donors (Lipinski definition) is 0. The summed E-state index contributed by atoms with van der Waals surface area (Å²) in [6.45, 7) is 6.82. The van der Waals surface area contributed by atoms with Gasteiger partial charge in [0.05, 0.1) is 19.8 Å². The number of unbranched alkanes of at least 4 members (excludes halogenated alkanes) is 1. The van der Waals surface area contributed by atoms with E-state index in [1.54, 1.807) is 0 Å². The number of rotatable bonds is 11. The van der Waals surface area contributed by atoms with Gasteiger partial charge in [-0.1, -0.05) is 27.2 Å². The summed E-state index contributed by atoms with van der Waals surface area (Å²) in [5.74, 6) is -0.521. The molecule has 0 N–H and O–H groups in total. The van der Waals surface area contributed by atoms with Gasteiger partial charge in [-0.3, -0.25) is 9.36 Å². The zero-order chi connectivity index (χ0) is 13.9. The molecule has 0 aromatic heterocycles. The molecule has 0 aromatic carbocycles. The third-order valence-corrected chi connectivity index (χ3v) is 3.87. The van der Waals surface area contributed by atoms with Crippen LogP contribution in [0, 0.1) is 0 Å². The molecule has 0 saturated carbocycles. The van der Waals surface area contributed by atoms with Crippen LogP contribution in [0.1, 0.15) is 46.5 Å². The van der Waals surface area contributed by atoms with E-state index in [1.165, 1.54) is 0 Å². The van der Waals surface area contributed by atoms with E-state index >= 15 is 0 Å². The Labute approximate surface area is 110 Å². The van der Waals surface area contributed by atoms with E-state index < -0.39 is 13.6 Å². The number of ether oxygens (including phenoxy) is 1. The summed E-state index contributed by atoms with van der Waals surface area (Å²) in [4.78, 5) is 11.5. The molecule has 0 aliphatic rings. The van der Waals surface area contributed by atoms with Crippen LogP contribution in [0.25, 0.3) is 0 Å². The van der Waals surface area contributed by atoms with Crippen LogP contribution in [-0.4, -0.2) is 32.0 Å². The quantitative estimate of drug-likeness (QED) is 0.330. The van der Waals surface area contributed by atoms with Crippen molar-refractivity contribution in [3.05, 3.63) is 0 Å². The van der Waals surface area contributed by atoms with E-state index in [0.29, 0.717) is 19.8 Å². The third-order valence-electron chi connectivity index (χ3n) is 2.07. The molecule has 0 aromatic rings. The summed E-state index contributed by atoms with van der Waals surface area (Å²) >= 11 is 0. The van der Waals surface area contributed by atoms with Crippen LogP contribution in [0.2, 0.25) is 0 Å². The molecular formula is C12H25O5P. The lowest BCUT2D eigenvalue weighted by Crippen LogP contribution is -2.14. The summed E-state index contributed by atoms with van der Waals surface area (Å²) in [5, 5.41) is 0. The second-order valence-corrected chi connectivity index (χ2v) is 6.06. The molecule has 0 aliphatic heterocycles. The van der Waals surface area contributed by atoms with Gasteiger partial charge in [0.15, 0.2) is 0 Å². The molecular weight excluding hydrogens is 255 g/mol. The van der Waals surface area contributed by atoms with Gasteiger partial charge < -0.3 is 13.8 Å². The van der Waals surface area contributed by atoms with E-state index in [-0.39, 0.29) is 6.16 Å². The third kappa shape index (κ3) is 8.67. The van der Waals surface area contributed by atoms with E-state index in [0.717, 1.165) is 25.7 Å². The molecule has 108 valence electrons. The Morgan fingerprint density at radius 2 is 1.56 bits per heavy atom. The lowest BCUT2D eigenvalue weighted by molar-refractivity contribution is -0.140. The average molecular weight is 280 g/mol. The van der Waals surface area contributed by atoms with Gasteiger partial charge in [0, 0.05) is 0 Å². The van der Waals surface area contributed by atoms with Crippen molar-refractivity contribution in [3.63, 3.8) is 0 Å². The van der Waals surface area contributed by atoms with Crippen LogP contribution in [0.4, 0.5) is 0 Å². The Kier molecular flexibility index (Phi) is 10.3. The van der Waals surface area contributed by atoms with Crippen molar-refractivity contribution in [2.75, 3.05) is 26.0 Å². The summed E-state index contributed by atoms with van der Waals surface area (Å²) < 4.78 is 27.6. The largest absolute Gasteiger partial charge is 0.465 e. The van der Waals surface area contributed by atoms with Crippen molar-refractivity contribution in [1.29, 1.82) is 0 Å². The van der Waals surface area contributed by atoms with Crippen LogP contribution in [0.5, 0.6) is 0 Å². The minimum atomic E-state index is -3.34. The molecule has 0 fully saturated rings. The second kappa shape index (κ2) is 10.5. The first-order valence-corrected chi connectivity index (χ1v) is 8.34. The lowest BCUT2D eigenvalue weighted by atomic mass is 10.4. The van der Waals surface area contributed by atoms with Crippen molar-refractivity contribution < 1.29 is 23.1 Å². The molecule has 1 unspecified atom stereocenters. The Hall–Kier alpha value is -0.380. The molecule has 0 rings (SSSR count).